The Morgan fingerprint density at radius 2 is 1.81 bits per heavy atom. The van der Waals surface area contributed by atoms with Crippen LogP contribution in [0.2, 0.25) is 0 Å². The second-order valence-corrected chi connectivity index (χ2v) is 5.30. The van der Waals surface area contributed by atoms with Crippen molar-refractivity contribution in [2.75, 3.05) is 0 Å². The molecule has 0 radical (unpaired) electrons. The zero-order chi connectivity index (χ0) is 14.6. The number of para-hydroxylation sites is 1. The van der Waals surface area contributed by atoms with Crippen molar-refractivity contribution >= 4 is 21.8 Å². The SMILES string of the molecule is FC(F)(F)c1c2c(nc3c1cnc1ccccc13)CCC2. The molecule has 5 heteroatoms. The number of pyridine rings is 2. The Morgan fingerprint density at radius 3 is 2.62 bits per heavy atom. The molecule has 3 aromatic rings. The molecule has 0 atom stereocenters. The van der Waals surface area contributed by atoms with Gasteiger partial charge in [0, 0.05) is 22.7 Å². The van der Waals surface area contributed by atoms with Crippen LogP contribution in [0.3, 0.4) is 0 Å². The van der Waals surface area contributed by atoms with Crippen molar-refractivity contribution in [2.24, 2.45) is 0 Å². The lowest BCUT2D eigenvalue weighted by molar-refractivity contribution is -0.136. The van der Waals surface area contributed by atoms with Gasteiger partial charge in [0.25, 0.3) is 0 Å². The molecule has 0 unspecified atom stereocenters. The highest BCUT2D eigenvalue weighted by molar-refractivity contribution is 6.04. The lowest BCUT2D eigenvalue weighted by Gasteiger charge is -2.15. The van der Waals surface area contributed by atoms with E-state index >= 15 is 0 Å². The van der Waals surface area contributed by atoms with Gasteiger partial charge in [-0.15, -0.1) is 0 Å². The number of alkyl halides is 3. The molecule has 0 saturated carbocycles. The lowest BCUT2D eigenvalue weighted by Crippen LogP contribution is -2.11. The van der Waals surface area contributed by atoms with Gasteiger partial charge in [-0.2, -0.15) is 13.2 Å². The van der Waals surface area contributed by atoms with Crippen molar-refractivity contribution in [1.82, 2.24) is 9.97 Å². The topological polar surface area (TPSA) is 25.8 Å². The summed E-state index contributed by atoms with van der Waals surface area (Å²) in [5, 5.41) is 0.789. The summed E-state index contributed by atoms with van der Waals surface area (Å²) in [6.45, 7) is 0. The number of nitrogens with zero attached hydrogens (tertiary/aromatic N) is 2. The summed E-state index contributed by atoms with van der Waals surface area (Å²) in [7, 11) is 0. The minimum absolute atomic E-state index is 0.113. The second-order valence-electron chi connectivity index (χ2n) is 5.30. The van der Waals surface area contributed by atoms with Gasteiger partial charge in [0.1, 0.15) is 0 Å². The van der Waals surface area contributed by atoms with Crippen LogP contribution >= 0.6 is 0 Å². The Morgan fingerprint density at radius 1 is 1.00 bits per heavy atom. The van der Waals surface area contributed by atoms with E-state index in [0.29, 0.717) is 40.5 Å². The molecule has 0 N–H and O–H groups in total. The fraction of sp³-hybridized carbons (Fsp3) is 0.250. The average Bonchev–Trinajstić information content (AvgIpc) is 2.91. The maximum atomic E-state index is 13.5. The van der Waals surface area contributed by atoms with Gasteiger partial charge >= 0.3 is 6.18 Å². The summed E-state index contributed by atoms with van der Waals surface area (Å²) in [6, 6.07) is 7.18. The molecule has 0 aliphatic heterocycles. The van der Waals surface area contributed by atoms with Crippen LogP contribution in [0.4, 0.5) is 13.2 Å². The van der Waals surface area contributed by atoms with E-state index in [9.17, 15) is 13.2 Å². The Kier molecular flexibility index (Phi) is 2.49. The molecule has 0 fully saturated rings. The Bertz CT molecular complexity index is 869. The van der Waals surface area contributed by atoms with Gasteiger partial charge in [0.05, 0.1) is 16.6 Å². The summed E-state index contributed by atoms with van der Waals surface area (Å²) in [4.78, 5) is 8.69. The number of halogens is 3. The van der Waals surface area contributed by atoms with Crippen LogP contribution in [0, 0.1) is 0 Å². The molecule has 1 aliphatic carbocycles. The predicted octanol–water partition coefficient (Wildman–Crippen LogP) is 4.29. The van der Waals surface area contributed by atoms with E-state index in [2.05, 4.69) is 9.97 Å². The van der Waals surface area contributed by atoms with Crippen LogP contribution in [0.1, 0.15) is 23.2 Å². The van der Waals surface area contributed by atoms with Crippen LogP contribution < -0.4 is 0 Å². The molecule has 2 nitrogen and oxygen atoms in total. The first-order chi connectivity index (χ1) is 10.1. The van der Waals surface area contributed by atoms with E-state index in [1.54, 1.807) is 18.2 Å². The zero-order valence-electron chi connectivity index (χ0n) is 11.0. The standard InChI is InChI=1S/C16H11F3N2/c17-16(18,19)14-9-5-3-7-13(9)21-15-10-4-1-2-6-12(10)20-8-11(14)15/h1-2,4,6,8H,3,5,7H2. The minimum Gasteiger partial charge on any atom is -0.255 e. The van der Waals surface area contributed by atoms with Crippen molar-refractivity contribution < 1.29 is 13.2 Å². The van der Waals surface area contributed by atoms with Gasteiger partial charge < -0.3 is 0 Å². The first kappa shape index (κ1) is 12.6. The molecule has 0 bridgehead atoms. The third-order valence-corrected chi connectivity index (χ3v) is 4.04. The highest BCUT2D eigenvalue weighted by Gasteiger charge is 2.38. The first-order valence-electron chi connectivity index (χ1n) is 6.82. The first-order valence-corrected chi connectivity index (χ1v) is 6.82. The normalized spacial score (nSPS) is 14.8. The van der Waals surface area contributed by atoms with Crippen molar-refractivity contribution in [1.29, 1.82) is 0 Å². The number of hydrogen-bond acceptors (Lipinski definition) is 2. The highest BCUT2D eigenvalue weighted by Crippen LogP contribution is 2.41. The number of aromatic nitrogens is 2. The largest absolute Gasteiger partial charge is 0.417 e. The summed E-state index contributed by atoms with van der Waals surface area (Å²) in [6.07, 6.45) is -1.27. The van der Waals surface area contributed by atoms with E-state index in [0.717, 1.165) is 6.42 Å². The Labute approximate surface area is 118 Å². The molecule has 2 heterocycles. The maximum Gasteiger partial charge on any atom is 0.417 e. The van der Waals surface area contributed by atoms with Crippen LogP contribution in [-0.4, -0.2) is 9.97 Å². The molecule has 0 spiro atoms. The van der Waals surface area contributed by atoms with Gasteiger partial charge in [-0.1, -0.05) is 18.2 Å². The van der Waals surface area contributed by atoms with Gasteiger partial charge in [-0.3, -0.25) is 9.97 Å². The van der Waals surface area contributed by atoms with E-state index in [-0.39, 0.29) is 5.39 Å². The van der Waals surface area contributed by atoms with E-state index in [1.165, 1.54) is 6.20 Å². The predicted molar refractivity (Wildman–Crippen MR) is 74.1 cm³/mol. The van der Waals surface area contributed by atoms with Gasteiger partial charge in [0.2, 0.25) is 0 Å². The number of rotatable bonds is 0. The monoisotopic (exact) mass is 288 g/mol. The van der Waals surface area contributed by atoms with Crippen LogP contribution in [0.25, 0.3) is 21.8 Å². The van der Waals surface area contributed by atoms with Crippen molar-refractivity contribution in [2.45, 2.75) is 25.4 Å². The fourth-order valence-electron chi connectivity index (χ4n) is 3.17. The minimum atomic E-state index is -4.38. The second kappa shape index (κ2) is 4.16. The van der Waals surface area contributed by atoms with Crippen molar-refractivity contribution in [3.8, 4) is 0 Å². The highest BCUT2D eigenvalue weighted by atomic mass is 19.4. The zero-order valence-corrected chi connectivity index (χ0v) is 11.0. The molecule has 2 aromatic heterocycles. The number of benzene rings is 1. The van der Waals surface area contributed by atoms with Gasteiger partial charge in [-0.25, -0.2) is 0 Å². The maximum absolute atomic E-state index is 13.5. The number of fused-ring (bicyclic) bond motifs is 4. The number of aryl methyl sites for hydroxylation is 1. The van der Waals surface area contributed by atoms with Crippen LogP contribution in [0.5, 0.6) is 0 Å². The molecular formula is C16H11F3N2. The van der Waals surface area contributed by atoms with Gasteiger partial charge in [-0.05, 0) is 30.9 Å². The molecule has 106 valence electrons. The van der Waals surface area contributed by atoms with E-state index in [1.807, 2.05) is 6.07 Å². The summed E-state index contributed by atoms with van der Waals surface area (Å²) < 4.78 is 40.6. The molecule has 0 saturated heterocycles. The Hall–Kier alpha value is -2.17. The van der Waals surface area contributed by atoms with E-state index in [4.69, 9.17) is 0 Å². The molecule has 4 rings (SSSR count). The third kappa shape index (κ3) is 1.80. The Balaban J connectivity index is 2.22. The van der Waals surface area contributed by atoms with Gasteiger partial charge in [0.15, 0.2) is 0 Å². The van der Waals surface area contributed by atoms with Crippen molar-refractivity contribution in [3.63, 3.8) is 0 Å². The molecule has 21 heavy (non-hydrogen) atoms. The molecular weight excluding hydrogens is 277 g/mol. The smallest absolute Gasteiger partial charge is 0.255 e. The van der Waals surface area contributed by atoms with Crippen LogP contribution in [-0.2, 0) is 19.0 Å². The van der Waals surface area contributed by atoms with Crippen LogP contribution in [0.15, 0.2) is 30.5 Å². The average molecular weight is 288 g/mol. The third-order valence-electron chi connectivity index (χ3n) is 4.04. The molecule has 0 amide bonds. The van der Waals surface area contributed by atoms with Crippen molar-refractivity contribution in [3.05, 3.63) is 47.3 Å². The lowest BCUT2D eigenvalue weighted by atomic mass is 10.0. The molecule has 1 aliphatic rings. The fourth-order valence-corrected chi connectivity index (χ4v) is 3.17. The summed E-state index contributed by atoms with van der Waals surface area (Å²) in [5.74, 6) is 0. The summed E-state index contributed by atoms with van der Waals surface area (Å²) in [5.41, 5.74) is 1.48. The molecule has 1 aromatic carbocycles. The quantitative estimate of drug-likeness (QED) is 0.577. The number of hydrogen-bond donors (Lipinski definition) is 0. The summed E-state index contributed by atoms with van der Waals surface area (Å²) >= 11 is 0. The van der Waals surface area contributed by atoms with E-state index < -0.39 is 11.7 Å².